The summed E-state index contributed by atoms with van der Waals surface area (Å²) in [7, 11) is 0. The van der Waals surface area contributed by atoms with Crippen LogP contribution in [0.15, 0.2) is 6.20 Å². The van der Waals surface area contributed by atoms with E-state index < -0.39 is 0 Å². The Morgan fingerprint density at radius 2 is 2.42 bits per heavy atom. The quantitative estimate of drug-likeness (QED) is 0.703. The van der Waals surface area contributed by atoms with Crippen molar-refractivity contribution >= 4 is 0 Å². The summed E-state index contributed by atoms with van der Waals surface area (Å²) in [6.07, 6.45) is 6.76. The molecule has 0 radical (unpaired) electrons. The fraction of sp³-hybridized carbons (Fsp3) is 0.667. The van der Waals surface area contributed by atoms with Gasteiger partial charge < -0.3 is 5.73 Å². The van der Waals surface area contributed by atoms with E-state index in [0.29, 0.717) is 0 Å². The second-order valence-corrected chi connectivity index (χ2v) is 3.48. The normalized spacial score (nSPS) is 16.8. The monoisotopic (exact) mass is 165 g/mol. The van der Waals surface area contributed by atoms with Gasteiger partial charge in [0, 0.05) is 11.6 Å². The highest BCUT2D eigenvalue weighted by molar-refractivity contribution is 5.24. The average molecular weight is 165 g/mol. The summed E-state index contributed by atoms with van der Waals surface area (Å²) in [5.41, 5.74) is 8.20. The van der Waals surface area contributed by atoms with E-state index in [4.69, 9.17) is 5.73 Å². The first-order valence-corrected chi connectivity index (χ1v) is 4.64. The van der Waals surface area contributed by atoms with Crippen LogP contribution in [-0.4, -0.2) is 16.7 Å². The van der Waals surface area contributed by atoms with Crippen LogP contribution in [0.25, 0.3) is 0 Å². The van der Waals surface area contributed by atoms with Gasteiger partial charge in [0.25, 0.3) is 0 Å². The van der Waals surface area contributed by atoms with E-state index in [1.807, 2.05) is 6.20 Å². The van der Waals surface area contributed by atoms with Gasteiger partial charge in [-0.15, -0.1) is 0 Å². The number of aromatic nitrogens is 2. The van der Waals surface area contributed by atoms with Crippen molar-refractivity contribution in [2.24, 2.45) is 5.73 Å². The molecule has 12 heavy (non-hydrogen) atoms. The third-order valence-corrected chi connectivity index (χ3v) is 2.39. The Balaban J connectivity index is 2.03. The smallest absolute Gasteiger partial charge is 0.0522 e. The van der Waals surface area contributed by atoms with Gasteiger partial charge in [0.05, 0.1) is 6.20 Å². The van der Waals surface area contributed by atoms with Crippen molar-refractivity contribution in [3.8, 4) is 0 Å². The van der Waals surface area contributed by atoms with Crippen LogP contribution in [-0.2, 0) is 6.42 Å². The maximum Gasteiger partial charge on any atom is 0.0522 e. The molecule has 0 atom stereocenters. The lowest BCUT2D eigenvalue weighted by atomic mass is 10.1. The van der Waals surface area contributed by atoms with Gasteiger partial charge in [-0.2, -0.15) is 5.10 Å². The van der Waals surface area contributed by atoms with Gasteiger partial charge in [-0.25, -0.2) is 0 Å². The Morgan fingerprint density at radius 3 is 3.08 bits per heavy atom. The van der Waals surface area contributed by atoms with Crippen molar-refractivity contribution in [2.75, 3.05) is 6.54 Å². The van der Waals surface area contributed by atoms with Crippen molar-refractivity contribution in [3.63, 3.8) is 0 Å². The van der Waals surface area contributed by atoms with E-state index in [1.54, 1.807) is 0 Å². The number of aryl methyl sites for hydroxylation is 1. The Labute approximate surface area is 72.4 Å². The minimum absolute atomic E-state index is 0.773. The molecule has 0 aliphatic heterocycles. The number of H-pyrrole nitrogens is 1. The molecule has 1 fully saturated rings. The summed E-state index contributed by atoms with van der Waals surface area (Å²) in [5, 5.41) is 7.16. The first kappa shape index (κ1) is 7.80. The summed E-state index contributed by atoms with van der Waals surface area (Å²) >= 11 is 0. The van der Waals surface area contributed by atoms with Gasteiger partial charge in [-0.3, -0.25) is 5.10 Å². The molecule has 0 bridgehead atoms. The lowest BCUT2D eigenvalue weighted by molar-refractivity contribution is 0.819. The van der Waals surface area contributed by atoms with E-state index in [-0.39, 0.29) is 0 Å². The van der Waals surface area contributed by atoms with Gasteiger partial charge in [0.2, 0.25) is 0 Å². The predicted molar refractivity (Wildman–Crippen MR) is 47.9 cm³/mol. The standard InChI is InChI=1S/C9H15N3/c10-5-1-2-8-6-11-12-9(8)7-3-4-7/h6-7H,1-5,10H2,(H,11,12). The molecular formula is C9H15N3. The maximum atomic E-state index is 5.46. The number of nitrogens with two attached hydrogens (primary N) is 1. The molecule has 2 rings (SSSR count). The first-order valence-electron chi connectivity index (χ1n) is 4.64. The lowest BCUT2D eigenvalue weighted by Crippen LogP contribution is -2.01. The molecule has 0 saturated heterocycles. The SMILES string of the molecule is NCCCc1cn[nH]c1C1CC1. The molecule has 0 aromatic carbocycles. The summed E-state index contributed by atoms with van der Waals surface area (Å²) in [6, 6.07) is 0. The summed E-state index contributed by atoms with van der Waals surface area (Å²) in [6.45, 7) is 0.773. The molecule has 3 nitrogen and oxygen atoms in total. The molecule has 0 amide bonds. The lowest BCUT2D eigenvalue weighted by Gasteiger charge is -1.98. The number of aromatic amines is 1. The van der Waals surface area contributed by atoms with E-state index in [1.165, 1.54) is 24.1 Å². The van der Waals surface area contributed by atoms with Gasteiger partial charge in [-0.05, 0) is 37.8 Å². The summed E-state index contributed by atoms with van der Waals surface area (Å²) in [5.74, 6) is 0.778. The van der Waals surface area contributed by atoms with E-state index in [2.05, 4.69) is 10.2 Å². The zero-order valence-electron chi connectivity index (χ0n) is 7.21. The van der Waals surface area contributed by atoms with Gasteiger partial charge >= 0.3 is 0 Å². The molecule has 1 aliphatic rings. The second kappa shape index (κ2) is 3.27. The molecule has 0 unspecified atom stereocenters. The predicted octanol–water partition coefficient (Wildman–Crippen LogP) is 1.18. The van der Waals surface area contributed by atoms with Crippen LogP contribution in [0.5, 0.6) is 0 Å². The number of hydrogen-bond acceptors (Lipinski definition) is 2. The Morgan fingerprint density at radius 1 is 1.58 bits per heavy atom. The second-order valence-electron chi connectivity index (χ2n) is 3.48. The minimum Gasteiger partial charge on any atom is -0.330 e. The molecule has 1 heterocycles. The van der Waals surface area contributed by atoms with Crippen LogP contribution in [0.4, 0.5) is 0 Å². The molecule has 1 aromatic heterocycles. The van der Waals surface area contributed by atoms with E-state index in [0.717, 1.165) is 25.3 Å². The topological polar surface area (TPSA) is 54.7 Å². The van der Waals surface area contributed by atoms with Crippen LogP contribution < -0.4 is 5.73 Å². The number of hydrogen-bond donors (Lipinski definition) is 2. The average Bonchev–Trinajstić information content (AvgIpc) is 2.83. The fourth-order valence-electron chi connectivity index (χ4n) is 1.54. The summed E-state index contributed by atoms with van der Waals surface area (Å²) in [4.78, 5) is 0. The van der Waals surface area contributed by atoms with E-state index in [9.17, 15) is 0 Å². The van der Waals surface area contributed by atoms with Gasteiger partial charge in [-0.1, -0.05) is 0 Å². The van der Waals surface area contributed by atoms with Crippen molar-refractivity contribution in [2.45, 2.75) is 31.6 Å². The molecule has 3 N–H and O–H groups in total. The zero-order valence-corrected chi connectivity index (χ0v) is 7.21. The third-order valence-electron chi connectivity index (χ3n) is 2.39. The maximum absolute atomic E-state index is 5.46. The molecule has 0 spiro atoms. The highest BCUT2D eigenvalue weighted by Crippen LogP contribution is 2.40. The van der Waals surface area contributed by atoms with Gasteiger partial charge in [0.15, 0.2) is 0 Å². The first-order chi connectivity index (χ1) is 5.92. The largest absolute Gasteiger partial charge is 0.330 e. The highest BCUT2D eigenvalue weighted by atomic mass is 15.1. The Bertz CT molecular complexity index is 250. The molecule has 1 aliphatic carbocycles. The fourth-order valence-corrected chi connectivity index (χ4v) is 1.54. The number of nitrogens with one attached hydrogen (secondary N) is 1. The summed E-state index contributed by atoms with van der Waals surface area (Å²) < 4.78 is 0. The van der Waals surface area contributed by atoms with Gasteiger partial charge in [0.1, 0.15) is 0 Å². The Hall–Kier alpha value is -0.830. The van der Waals surface area contributed by atoms with Crippen molar-refractivity contribution in [1.82, 2.24) is 10.2 Å². The van der Waals surface area contributed by atoms with Crippen LogP contribution >= 0.6 is 0 Å². The molecule has 1 aromatic rings. The zero-order chi connectivity index (χ0) is 8.39. The molecular weight excluding hydrogens is 150 g/mol. The van der Waals surface area contributed by atoms with Crippen LogP contribution in [0.2, 0.25) is 0 Å². The minimum atomic E-state index is 0.773. The van der Waals surface area contributed by atoms with Crippen LogP contribution in [0, 0.1) is 0 Å². The molecule has 66 valence electrons. The van der Waals surface area contributed by atoms with Crippen molar-refractivity contribution < 1.29 is 0 Å². The van der Waals surface area contributed by atoms with Crippen molar-refractivity contribution in [1.29, 1.82) is 0 Å². The molecule has 3 heteroatoms. The third kappa shape index (κ3) is 1.50. The Kier molecular flexibility index (Phi) is 2.13. The molecule has 1 saturated carbocycles. The number of rotatable bonds is 4. The number of nitrogens with zero attached hydrogens (tertiary/aromatic N) is 1. The van der Waals surface area contributed by atoms with E-state index >= 15 is 0 Å². The van der Waals surface area contributed by atoms with Crippen molar-refractivity contribution in [3.05, 3.63) is 17.5 Å². The highest BCUT2D eigenvalue weighted by Gasteiger charge is 2.27. The van der Waals surface area contributed by atoms with Crippen LogP contribution in [0.3, 0.4) is 0 Å². The van der Waals surface area contributed by atoms with Crippen LogP contribution in [0.1, 0.15) is 36.4 Å².